The number of rotatable bonds is 6. The van der Waals surface area contributed by atoms with Crippen molar-refractivity contribution >= 4 is 5.69 Å². The van der Waals surface area contributed by atoms with Crippen molar-refractivity contribution in [1.82, 2.24) is 15.0 Å². The summed E-state index contributed by atoms with van der Waals surface area (Å²) in [6, 6.07) is 8.65. The van der Waals surface area contributed by atoms with Gasteiger partial charge in [-0.15, -0.1) is 5.10 Å². The Morgan fingerprint density at radius 1 is 1.33 bits per heavy atom. The van der Waals surface area contributed by atoms with Gasteiger partial charge in [0, 0.05) is 6.04 Å². The predicted molar refractivity (Wildman–Crippen MR) is 74.0 cm³/mol. The maximum atomic E-state index is 4.04. The zero-order chi connectivity index (χ0) is 12.8. The molecular weight excluding hydrogens is 224 g/mol. The summed E-state index contributed by atoms with van der Waals surface area (Å²) in [5.74, 6) is 0. The van der Waals surface area contributed by atoms with E-state index in [9.17, 15) is 0 Å². The number of unbranched alkanes of at least 4 members (excludes halogenated alkanes) is 1. The monoisotopic (exact) mass is 244 g/mol. The van der Waals surface area contributed by atoms with Crippen molar-refractivity contribution in [1.29, 1.82) is 0 Å². The first kappa shape index (κ1) is 12.6. The third-order valence-corrected chi connectivity index (χ3v) is 2.97. The standard InChI is InChI=1S/C14H20N4/c1-3-4-7-12(2)16-13-8-5-6-9-14(13)18-11-10-15-17-18/h5-6,8-12,16H,3-4,7H2,1-2H3. The second-order valence-corrected chi connectivity index (χ2v) is 4.55. The molecule has 1 aromatic heterocycles. The lowest BCUT2D eigenvalue weighted by Gasteiger charge is -2.17. The predicted octanol–water partition coefficient (Wildman–Crippen LogP) is 3.26. The third-order valence-electron chi connectivity index (χ3n) is 2.97. The number of benzene rings is 1. The summed E-state index contributed by atoms with van der Waals surface area (Å²) in [5.41, 5.74) is 2.14. The Bertz CT molecular complexity index is 464. The van der Waals surface area contributed by atoms with Crippen LogP contribution in [0.15, 0.2) is 36.7 Å². The van der Waals surface area contributed by atoms with Gasteiger partial charge >= 0.3 is 0 Å². The van der Waals surface area contributed by atoms with Crippen molar-refractivity contribution in [2.45, 2.75) is 39.2 Å². The van der Waals surface area contributed by atoms with E-state index in [0.717, 1.165) is 11.4 Å². The third kappa shape index (κ3) is 3.09. The summed E-state index contributed by atoms with van der Waals surface area (Å²) in [4.78, 5) is 0. The summed E-state index contributed by atoms with van der Waals surface area (Å²) >= 11 is 0. The molecule has 1 aromatic carbocycles. The van der Waals surface area contributed by atoms with E-state index >= 15 is 0 Å². The van der Waals surface area contributed by atoms with E-state index in [0.29, 0.717) is 6.04 Å². The van der Waals surface area contributed by atoms with Gasteiger partial charge in [0.05, 0.1) is 23.8 Å². The van der Waals surface area contributed by atoms with Crippen LogP contribution < -0.4 is 5.32 Å². The number of hydrogen-bond acceptors (Lipinski definition) is 3. The molecule has 0 fully saturated rings. The zero-order valence-corrected chi connectivity index (χ0v) is 11.0. The van der Waals surface area contributed by atoms with Crippen molar-refractivity contribution in [3.05, 3.63) is 36.7 Å². The number of hydrogen-bond donors (Lipinski definition) is 1. The van der Waals surface area contributed by atoms with E-state index < -0.39 is 0 Å². The highest BCUT2D eigenvalue weighted by Crippen LogP contribution is 2.20. The van der Waals surface area contributed by atoms with Crippen LogP contribution >= 0.6 is 0 Å². The van der Waals surface area contributed by atoms with E-state index in [1.54, 1.807) is 10.9 Å². The van der Waals surface area contributed by atoms with Gasteiger partial charge in [-0.2, -0.15) is 0 Å². The van der Waals surface area contributed by atoms with Crippen LogP contribution in [0.5, 0.6) is 0 Å². The molecule has 0 bridgehead atoms. The molecule has 0 saturated carbocycles. The molecule has 0 saturated heterocycles. The van der Waals surface area contributed by atoms with Gasteiger partial charge in [0.1, 0.15) is 0 Å². The molecule has 18 heavy (non-hydrogen) atoms. The second-order valence-electron chi connectivity index (χ2n) is 4.55. The minimum atomic E-state index is 0.467. The SMILES string of the molecule is CCCCC(C)Nc1ccccc1-n1ccnn1. The van der Waals surface area contributed by atoms with Crippen molar-refractivity contribution < 1.29 is 0 Å². The van der Waals surface area contributed by atoms with E-state index in [1.165, 1.54) is 19.3 Å². The number of nitrogens with zero attached hydrogens (tertiary/aromatic N) is 3. The highest BCUT2D eigenvalue weighted by atomic mass is 15.4. The Morgan fingerprint density at radius 2 is 2.17 bits per heavy atom. The molecule has 96 valence electrons. The molecule has 0 aliphatic rings. The molecule has 1 heterocycles. The molecular formula is C14H20N4. The minimum absolute atomic E-state index is 0.467. The molecule has 4 nitrogen and oxygen atoms in total. The van der Waals surface area contributed by atoms with Crippen LogP contribution in [0.2, 0.25) is 0 Å². The topological polar surface area (TPSA) is 42.7 Å². The van der Waals surface area contributed by atoms with Crippen LogP contribution in [0.4, 0.5) is 5.69 Å². The van der Waals surface area contributed by atoms with Crippen LogP contribution in [0, 0.1) is 0 Å². The number of anilines is 1. The van der Waals surface area contributed by atoms with Gasteiger partial charge in [0.2, 0.25) is 0 Å². The normalized spacial score (nSPS) is 12.3. The van der Waals surface area contributed by atoms with Gasteiger partial charge in [-0.05, 0) is 25.5 Å². The van der Waals surface area contributed by atoms with Crippen LogP contribution in [0.25, 0.3) is 5.69 Å². The van der Waals surface area contributed by atoms with E-state index in [-0.39, 0.29) is 0 Å². The smallest absolute Gasteiger partial charge is 0.0894 e. The van der Waals surface area contributed by atoms with Crippen LogP contribution in [-0.4, -0.2) is 21.0 Å². The zero-order valence-electron chi connectivity index (χ0n) is 11.0. The van der Waals surface area contributed by atoms with Crippen LogP contribution in [0.1, 0.15) is 33.1 Å². The molecule has 1 atom stereocenters. The second kappa shape index (κ2) is 6.19. The average molecular weight is 244 g/mol. The summed E-state index contributed by atoms with van der Waals surface area (Å²) in [7, 11) is 0. The Morgan fingerprint density at radius 3 is 2.89 bits per heavy atom. The summed E-state index contributed by atoms with van der Waals surface area (Å²) < 4.78 is 1.79. The number of nitrogens with one attached hydrogen (secondary N) is 1. The van der Waals surface area contributed by atoms with Gasteiger partial charge in [0.25, 0.3) is 0 Å². The highest BCUT2D eigenvalue weighted by molar-refractivity contribution is 5.60. The molecule has 4 heteroatoms. The van der Waals surface area contributed by atoms with Gasteiger partial charge in [-0.1, -0.05) is 37.1 Å². The summed E-state index contributed by atoms with van der Waals surface area (Å²) in [6.45, 7) is 4.43. The first-order chi connectivity index (χ1) is 8.81. The van der Waals surface area contributed by atoms with Gasteiger partial charge in [-0.25, -0.2) is 4.68 Å². The van der Waals surface area contributed by atoms with Crippen molar-refractivity contribution in [2.75, 3.05) is 5.32 Å². The lowest BCUT2D eigenvalue weighted by Crippen LogP contribution is -2.16. The Balaban J connectivity index is 2.13. The number of para-hydroxylation sites is 2. The number of aromatic nitrogens is 3. The maximum Gasteiger partial charge on any atom is 0.0894 e. The molecule has 0 radical (unpaired) electrons. The fourth-order valence-electron chi connectivity index (χ4n) is 1.98. The summed E-state index contributed by atoms with van der Waals surface area (Å²) in [6.07, 6.45) is 7.22. The molecule has 0 aliphatic carbocycles. The van der Waals surface area contributed by atoms with Crippen LogP contribution in [-0.2, 0) is 0 Å². The first-order valence-corrected chi connectivity index (χ1v) is 6.53. The van der Waals surface area contributed by atoms with Gasteiger partial charge in [-0.3, -0.25) is 0 Å². The molecule has 2 aromatic rings. The van der Waals surface area contributed by atoms with Crippen LogP contribution in [0.3, 0.4) is 0 Å². The fraction of sp³-hybridized carbons (Fsp3) is 0.429. The summed E-state index contributed by atoms with van der Waals surface area (Å²) in [5, 5.41) is 11.4. The molecule has 0 amide bonds. The maximum absolute atomic E-state index is 4.04. The van der Waals surface area contributed by atoms with Crippen molar-refractivity contribution in [3.63, 3.8) is 0 Å². The lowest BCUT2D eigenvalue weighted by atomic mass is 10.1. The fourth-order valence-corrected chi connectivity index (χ4v) is 1.98. The first-order valence-electron chi connectivity index (χ1n) is 6.53. The molecule has 1 unspecified atom stereocenters. The molecule has 1 N–H and O–H groups in total. The molecule has 0 aliphatic heterocycles. The van der Waals surface area contributed by atoms with Crippen molar-refractivity contribution in [3.8, 4) is 5.69 Å². The Hall–Kier alpha value is -1.84. The molecule has 2 rings (SSSR count). The van der Waals surface area contributed by atoms with Gasteiger partial charge in [0.15, 0.2) is 0 Å². The highest BCUT2D eigenvalue weighted by Gasteiger charge is 2.07. The Labute approximate surface area is 108 Å². The van der Waals surface area contributed by atoms with E-state index in [2.05, 4.69) is 35.5 Å². The Kier molecular flexibility index (Phi) is 4.34. The largest absolute Gasteiger partial charge is 0.381 e. The quantitative estimate of drug-likeness (QED) is 0.848. The van der Waals surface area contributed by atoms with Crippen molar-refractivity contribution in [2.24, 2.45) is 0 Å². The lowest BCUT2D eigenvalue weighted by molar-refractivity contribution is 0.644. The van der Waals surface area contributed by atoms with Gasteiger partial charge < -0.3 is 5.32 Å². The average Bonchev–Trinajstić information content (AvgIpc) is 2.91. The minimum Gasteiger partial charge on any atom is -0.381 e. The molecule has 0 spiro atoms. The van der Waals surface area contributed by atoms with E-state index in [1.807, 2.05) is 24.4 Å². The van der Waals surface area contributed by atoms with E-state index in [4.69, 9.17) is 0 Å².